The number of methoxy groups -OCH3 is 2. The number of fused-ring (bicyclic) bond motifs is 1. The summed E-state index contributed by atoms with van der Waals surface area (Å²) in [5.41, 5.74) is 1.10. The summed E-state index contributed by atoms with van der Waals surface area (Å²) in [6, 6.07) is 13.3. The van der Waals surface area contributed by atoms with E-state index in [1.165, 1.54) is 22.7 Å². The molecule has 0 fully saturated rings. The lowest BCUT2D eigenvalue weighted by Gasteiger charge is -2.10. The Balaban J connectivity index is 1.49. The van der Waals surface area contributed by atoms with Crippen molar-refractivity contribution in [1.29, 1.82) is 0 Å². The van der Waals surface area contributed by atoms with Crippen LogP contribution in [0.5, 0.6) is 17.4 Å². The summed E-state index contributed by atoms with van der Waals surface area (Å²) in [5.74, 6) is 1.18. The van der Waals surface area contributed by atoms with Gasteiger partial charge < -0.3 is 14.2 Å². The molecule has 0 amide bonds. The number of hydrogen-bond donors (Lipinski definition) is 1. The van der Waals surface area contributed by atoms with Crippen molar-refractivity contribution in [3.63, 3.8) is 0 Å². The molecule has 0 radical (unpaired) electrons. The molecule has 2 heterocycles. The normalized spacial score (nSPS) is 11.5. The average molecular weight is 473 g/mol. The molecule has 172 valence electrons. The van der Waals surface area contributed by atoms with Gasteiger partial charge in [0.05, 0.1) is 24.7 Å². The molecular formula is C21H20FN5O5S. The third-order valence-corrected chi connectivity index (χ3v) is 6.10. The zero-order chi connectivity index (χ0) is 23.4. The molecule has 0 unspecified atom stereocenters. The average Bonchev–Trinajstić information content (AvgIpc) is 3.24. The molecule has 0 atom stereocenters. The minimum atomic E-state index is -3.86. The maximum atomic E-state index is 13.3. The van der Waals surface area contributed by atoms with E-state index in [2.05, 4.69) is 20.0 Å². The number of aromatic nitrogens is 4. The van der Waals surface area contributed by atoms with Crippen molar-refractivity contribution in [3.05, 3.63) is 60.4 Å². The smallest absolute Gasteiger partial charge is 0.240 e. The molecule has 0 saturated heterocycles. The summed E-state index contributed by atoms with van der Waals surface area (Å²) in [5, 5.41) is 12.7. The fraction of sp³-hybridized carbons (Fsp3) is 0.190. The highest BCUT2D eigenvalue weighted by molar-refractivity contribution is 7.89. The quantitative estimate of drug-likeness (QED) is 0.368. The van der Waals surface area contributed by atoms with Crippen LogP contribution in [-0.2, 0) is 10.0 Å². The Morgan fingerprint density at radius 2 is 1.88 bits per heavy atom. The van der Waals surface area contributed by atoms with E-state index < -0.39 is 15.8 Å². The number of sulfonamides is 1. The largest absolute Gasteiger partial charge is 0.497 e. The van der Waals surface area contributed by atoms with Gasteiger partial charge in [0.2, 0.25) is 15.9 Å². The first-order valence-electron chi connectivity index (χ1n) is 9.74. The number of benzene rings is 2. The SMILES string of the molecule is COc1ccc(OC)c(-c2nnc3ccc(OCCNS(=O)(=O)c4cccc(F)c4)nn23)c1. The lowest BCUT2D eigenvalue weighted by molar-refractivity contribution is 0.306. The van der Waals surface area contributed by atoms with Crippen LogP contribution in [0.3, 0.4) is 0 Å². The van der Waals surface area contributed by atoms with Crippen LogP contribution >= 0.6 is 0 Å². The molecule has 2 aromatic heterocycles. The van der Waals surface area contributed by atoms with E-state index >= 15 is 0 Å². The molecule has 33 heavy (non-hydrogen) atoms. The summed E-state index contributed by atoms with van der Waals surface area (Å²) < 4.78 is 58.0. The van der Waals surface area contributed by atoms with Gasteiger partial charge in [0.1, 0.15) is 23.9 Å². The second-order valence-electron chi connectivity index (χ2n) is 6.74. The summed E-state index contributed by atoms with van der Waals surface area (Å²) in [7, 11) is -0.763. The van der Waals surface area contributed by atoms with E-state index in [1.807, 2.05) is 0 Å². The van der Waals surface area contributed by atoms with Gasteiger partial charge in [-0.1, -0.05) is 6.07 Å². The molecule has 4 rings (SSSR count). The molecule has 12 heteroatoms. The standard InChI is InChI=1S/C21H20FN5O5S/c1-30-15-6-7-18(31-2)17(13-15)21-25-24-19-8-9-20(26-27(19)21)32-11-10-23-33(28,29)16-5-3-4-14(22)12-16/h3-9,12-13,23H,10-11H2,1-2H3. The summed E-state index contributed by atoms with van der Waals surface area (Å²) >= 11 is 0. The van der Waals surface area contributed by atoms with E-state index in [1.54, 1.807) is 44.6 Å². The van der Waals surface area contributed by atoms with Crippen molar-refractivity contribution in [1.82, 2.24) is 24.5 Å². The molecule has 0 aliphatic heterocycles. The molecule has 2 aromatic carbocycles. The van der Waals surface area contributed by atoms with Gasteiger partial charge in [-0.05, 0) is 42.5 Å². The van der Waals surface area contributed by atoms with E-state index in [0.717, 1.165) is 6.07 Å². The molecule has 4 aromatic rings. The van der Waals surface area contributed by atoms with Crippen molar-refractivity contribution in [2.75, 3.05) is 27.4 Å². The van der Waals surface area contributed by atoms with E-state index in [9.17, 15) is 12.8 Å². The zero-order valence-corrected chi connectivity index (χ0v) is 18.5. The maximum Gasteiger partial charge on any atom is 0.240 e. The Hall–Kier alpha value is -3.77. The highest BCUT2D eigenvalue weighted by Crippen LogP contribution is 2.32. The third kappa shape index (κ3) is 4.86. The Morgan fingerprint density at radius 3 is 2.64 bits per heavy atom. The van der Waals surface area contributed by atoms with Crippen molar-refractivity contribution >= 4 is 15.7 Å². The van der Waals surface area contributed by atoms with Gasteiger partial charge in [0.25, 0.3) is 0 Å². The van der Waals surface area contributed by atoms with Crippen LogP contribution in [0.15, 0.2) is 59.5 Å². The van der Waals surface area contributed by atoms with E-state index in [0.29, 0.717) is 28.5 Å². The number of rotatable bonds is 9. The first-order chi connectivity index (χ1) is 15.9. The highest BCUT2D eigenvalue weighted by atomic mass is 32.2. The molecular weight excluding hydrogens is 453 g/mol. The van der Waals surface area contributed by atoms with Crippen LogP contribution in [0.4, 0.5) is 4.39 Å². The molecule has 0 saturated carbocycles. The monoisotopic (exact) mass is 473 g/mol. The summed E-state index contributed by atoms with van der Waals surface area (Å²) in [6.45, 7) is -0.0513. The van der Waals surface area contributed by atoms with Gasteiger partial charge in [-0.15, -0.1) is 15.3 Å². The number of nitrogens with one attached hydrogen (secondary N) is 1. The first-order valence-corrected chi connectivity index (χ1v) is 11.2. The van der Waals surface area contributed by atoms with Crippen LogP contribution < -0.4 is 18.9 Å². The number of nitrogens with zero attached hydrogens (tertiary/aromatic N) is 4. The third-order valence-electron chi connectivity index (χ3n) is 4.64. The van der Waals surface area contributed by atoms with Crippen LogP contribution in [0.2, 0.25) is 0 Å². The second-order valence-corrected chi connectivity index (χ2v) is 8.50. The van der Waals surface area contributed by atoms with Crippen LogP contribution in [0.1, 0.15) is 0 Å². The van der Waals surface area contributed by atoms with Crippen LogP contribution in [0, 0.1) is 5.82 Å². The molecule has 0 aliphatic carbocycles. The molecule has 10 nitrogen and oxygen atoms in total. The van der Waals surface area contributed by atoms with Crippen LogP contribution in [-0.4, -0.2) is 55.6 Å². The van der Waals surface area contributed by atoms with Gasteiger partial charge in [-0.25, -0.2) is 17.5 Å². The van der Waals surface area contributed by atoms with Gasteiger partial charge in [0.15, 0.2) is 11.5 Å². The predicted octanol–water partition coefficient (Wildman–Crippen LogP) is 2.30. The molecule has 1 N–H and O–H groups in total. The minimum Gasteiger partial charge on any atom is -0.497 e. The fourth-order valence-electron chi connectivity index (χ4n) is 3.05. The number of halogens is 1. The molecule has 0 bridgehead atoms. The molecule has 0 spiro atoms. The van der Waals surface area contributed by atoms with E-state index in [-0.39, 0.29) is 23.9 Å². The van der Waals surface area contributed by atoms with Gasteiger partial charge in [-0.2, -0.15) is 4.52 Å². The van der Waals surface area contributed by atoms with Crippen LogP contribution in [0.25, 0.3) is 17.0 Å². The minimum absolute atomic E-state index is 0.00695. The highest BCUT2D eigenvalue weighted by Gasteiger charge is 2.17. The van der Waals surface area contributed by atoms with Crippen molar-refractivity contribution in [2.24, 2.45) is 0 Å². The lowest BCUT2D eigenvalue weighted by Crippen LogP contribution is -2.28. The Labute approximate surface area is 189 Å². The predicted molar refractivity (Wildman–Crippen MR) is 116 cm³/mol. The van der Waals surface area contributed by atoms with Gasteiger partial charge >= 0.3 is 0 Å². The Kier molecular flexibility index (Phi) is 6.38. The fourth-order valence-corrected chi connectivity index (χ4v) is 4.10. The number of hydrogen-bond acceptors (Lipinski definition) is 8. The van der Waals surface area contributed by atoms with Crippen molar-refractivity contribution in [3.8, 4) is 28.8 Å². The topological polar surface area (TPSA) is 117 Å². The maximum absolute atomic E-state index is 13.3. The number of ether oxygens (including phenoxy) is 3. The summed E-state index contributed by atoms with van der Waals surface area (Å²) in [6.07, 6.45) is 0. The second kappa shape index (κ2) is 9.38. The Bertz CT molecular complexity index is 1390. The summed E-state index contributed by atoms with van der Waals surface area (Å²) in [4.78, 5) is -0.164. The first kappa shape index (κ1) is 22.4. The van der Waals surface area contributed by atoms with E-state index in [4.69, 9.17) is 14.2 Å². The lowest BCUT2D eigenvalue weighted by atomic mass is 10.2. The molecule has 0 aliphatic rings. The van der Waals surface area contributed by atoms with Crippen molar-refractivity contribution < 1.29 is 27.0 Å². The van der Waals surface area contributed by atoms with Gasteiger partial charge in [0, 0.05) is 12.6 Å². The zero-order valence-electron chi connectivity index (χ0n) is 17.7. The van der Waals surface area contributed by atoms with Gasteiger partial charge in [-0.3, -0.25) is 0 Å². The Morgan fingerprint density at radius 1 is 1.03 bits per heavy atom. The van der Waals surface area contributed by atoms with Crippen molar-refractivity contribution in [2.45, 2.75) is 4.90 Å².